The van der Waals surface area contributed by atoms with Crippen molar-refractivity contribution in [3.8, 4) is 0 Å². The minimum atomic E-state index is -3.19. The van der Waals surface area contributed by atoms with Crippen LogP contribution in [-0.2, 0) is 14.6 Å². The Kier molecular flexibility index (Phi) is 4.48. The van der Waals surface area contributed by atoms with Crippen LogP contribution < -0.4 is 4.90 Å². The van der Waals surface area contributed by atoms with Gasteiger partial charge in [0.25, 0.3) is 0 Å². The molecule has 1 atom stereocenters. The van der Waals surface area contributed by atoms with Crippen molar-refractivity contribution < 1.29 is 18.3 Å². The Morgan fingerprint density at radius 1 is 1.55 bits per heavy atom. The number of sulfone groups is 1. The zero-order valence-electron chi connectivity index (χ0n) is 10.9. The zero-order valence-corrected chi connectivity index (χ0v) is 12.5. The van der Waals surface area contributed by atoms with E-state index in [4.69, 9.17) is 5.11 Å². The van der Waals surface area contributed by atoms with Gasteiger partial charge in [-0.1, -0.05) is 0 Å². The van der Waals surface area contributed by atoms with Crippen molar-refractivity contribution in [2.45, 2.75) is 17.5 Å². The van der Waals surface area contributed by atoms with Crippen molar-refractivity contribution in [2.75, 3.05) is 29.2 Å². The molecule has 1 aromatic heterocycles. The molecule has 9 heteroatoms. The molecule has 1 aromatic rings. The summed E-state index contributed by atoms with van der Waals surface area (Å²) < 4.78 is 23.4. The molecule has 110 valence electrons. The Morgan fingerprint density at radius 2 is 2.30 bits per heavy atom. The minimum Gasteiger partial charge on any atom is -0.481 e. The Morgan fingerprint density at radius 3 is 2.95 bits per heavy atom. The van der Waals surface area contributed by atoms with Crippen LogP contribution in [0.1, 0.15) is 6.42 Å². The Balaban J connectivity index is 2.29. The summed E-state index contributed by atoms with van der Waals surface area (Å²) in [7, 11) is -3.19. The van der Waals surface area contributed by atoms with Gasteiger partial charge >= 0.3 is 5.97 Å². The van der Waals surface area contributed by atoms with Crippen LogP contribution in [0.15, 0.2) is 17.4 Å². The van der Waals surface area contributed by atoms with Gasteiger partial charge in [0.05, 0.1) is 24.0 Å². The van der Waals surface area contributed by atoms with E-state index in [2.05, 4.69) is 9.97 Å². The molecular formula is C11H15N3O4S2. The quantitative estimate of drug-likeness (QED) is 0.624. The van der Waals surface area contributed by atoms with Gasteiger partial charge in [-0.15, -0.1) is 11.8 Å². The fourth-order valence-electron chi connectivity index (χ4n) is 2.16. The van der Waals surface area contributed by atoms with Crippen LogP contribution in [0.3, 0.4) is 0 Å². The summed E-state index contributed by atoms with van der Waals surface area (Å²) in [6.07, 6.45) is 3.06. The molecule has 1 aliphatic heterocycles. The topological polar surface area (TPSA) is 100 Å². The second-order valence-corrected chi connectivity index (χ2v) is 7.53. The predicted octanol–water partition coefficient (Wildman–Crippen LogP) is 0.277. The van der Waals surface area contributed by atoms with E-state index in [-0.39, 0.29) is 24.5 Å². The molecule has 1 saturated heterocycles. The van der Waals surface area contributed by atoms with Crippen LogP contribution >= 0.6 is 11.8 Å². The third kappa shape index (κ3) is 3.60. The Labute approximate surface area is 121 Å². The minimum absolute atomic E-state index is 0.0156. The molecule has 0 saturated carbocycles. The highest BCUT2D eigenvalue weighted by Gasteiger charge is 2.33. The number of aliphatic carboxylic acids is 1. The predicted molar refractivity (Wildman–Crippen MR) is 75.9 cm³/mol. The summed E-state index contributed by atoms with van der Waals surface area (Å²) in [5.74, 6) is -0.582. The number of hydrogen-bond acceptors (Lipinski definition) is 7. The second-order valence-electron chi connectivity index (χ2n) is 4.48. The number of nitrogens with zero attached hydrogens (tertiary/aromatic N) is 3. The fraction of sp³-hybridized carbons (Fsp3) is 0.545. The van der Waals surface area contributed by atoms with E-state index >= 15 is 0 Å². The number of hydrogen-bond donors (Lipinski definition) is 1. The summed E-state index contributed by atoms with van der Waals surface area (Å²) in [5, 5.41) is 9.70. The SMILES string of the molecule is CSc1cc(N2CCS(=O)(=O)CC2CC(=O)O)ncn1. The highest BCUT2D eigenvalue weighted by atomic mass is 32.2. The van der Waals surface area contributed by atoms with Crippen LogP contribution in [0.25, 0.3) is 0 Å². The lowest BCUT2D eigenvalue weighted by Gasteiger charge is -2.35. The van der Waals surface area contributed by atoms with Crippen LogP contribution in [0.2, 0.25) is 0 Å². The molecule has 1 aliphatic rings. The van der Waals surface area contributed by atoms with Gasteiger partial charge in [0.2, 0.25) is 0 Å². The first-order valence-electron chi connectivity index (χ1n) is 5.96. The maximum Gasteiger partial charge on any atom is 0.305 e. The average Bonchev–Trinajstić information content (AvgIpc) is 2.37. The lowest BCUT2D eigenvalue weighted by Crippen LogP contribution is -2.49. The van der Waals surface area contributed by atoms with Crippen molar-refractivity contribution >= 4 is 33.4 Å². The smallest absolute Gasteiger partial charge is 0.305 e. The van der Waals surface area contributed by atoms with Crippen molar-refractivity contribution in [3.05, 3.63) is 12.4 Å². The monoisotopic (exact) mass is 317 g/mol. The summed E-state index contributed by atoms with van der Waals surface area (Å²) >= 11 is 1.45. The van der Waals surface area contributed by atoms with E-state index in [1.54, 1.807) is 11.0 Å². The molecule has 1 unspecified atom stereocenters. The van der Waals surface area contributed by atoms with E-state index in [1.165, 1.54) is 18.1 Å². The van der Waals surface area contributed by atoms with Crippen LogP contribution in [-0.4, -0.2) is 59.8 Å². The van der Waals surface area contributed by atoms with Crippen molar-refractivity contribution in [3.63, 3.8) is 0 Å². The van der Waals surface area contributed by atoms with Gasteiger partial charge in [0.15, 0.2) is 9.84 Å². The van der Waals surface area contributed by atoms with Crippen molar-refractivity contribution in [1.82, 2.24) is 9.97 Å². The lowest BCUT2D eigenvalue weighted by atomic mass is 10.2. The molecule has 2 heterocycles. The normalized spacial score (nSPS) is 21.6. The molecular weight excluding hydrogens is 302 g/mol. The van der Waals surface area contributed by atoms with Crippen LogP contribution in [0, 0.1) is 0 Å². The van der Waals surface area contributed by atoms with E-state index in [0.717, 1.165) is 5.03 Å². The van der Waals surface area contributed by atoms with Gasteiger partial charge in [-0.2, -0.15) is 0 Å². The molecule has 2 rings (SSSR count). The molecule has 0 aromatic carbocycles. The average molecular weight is 317 g/mol. The molecule has 0 aliphatic carbocycles. The maximum atomic E-state index is 11.7. The highest BCUT2D eigenvalue weighted by molar-refractivity contribution is 7.98. The number of anilines is 1. The zero-order chi connectivity index (χ0) is 14.8. The van der Waals surface area contributed by atoms with E-state index in [9.17, 15) is 13.2 Å². The Hall–Kier alpha value is -1.35. The van der Waals surface area contributed by atoms with E-state index in [0.29, 0.717) is 5.82 Å². The van der Waals surface area contributed by atoms with E-state index in [1.807, 2.05) is 6.26 Å². The van der Waals surface area contributed by atoms with Gasteiger partial charge in [0, 0.05) is 12.6 Å². The highest BCUT2D eigenvalue weighted by Crippen LogP contribution is 2.24. The molecule has 20 heavy (non-hydrogen) atoms. The fourth-order valence-corrected chi connectivity index (χ4v) is 4.06. The van der Waals surface area contributed by atoms with Gasteiger partial charge in [-0.05, 0) is 6.26 Å². The molecule has 1 N–H and O–H groups in total. The molecule has 0 amide bonds. The summed E-state index contributed by atoms with van der Waals surface area (Å²) in [6.45, 7) is 0.255. The molecule has 0 bridgehead atoms. The second kappa shape index (κ2) is 5.96. The summed E-state index contributed by atoms with van der Waals surface area (Å²) in [6, 6.07) is 1.16. The largest absolute Gasteiger partial charge is 0.481 e. The van der Waals surface area contributed by atoms with Gasteiger partial charge in [-0.3, -0.25) is 4.79 Å². The first-order valence-corrected chi connectivity index (χ1v) is 9.01. The third-order valence-corrected chi connectivity index (χ3v) is 5.41. The van der Waals surface area contributed by atoms with Crippen molar-refractivity contribution in [2.24, 2.45) is 0 Å². The first-order chi connectivity index (χ1) is 9.41. The Bertz CT molecular complexity index is 605. The number of carboxylic acids is 1. The molecule has 7 nitrogen and oxygen atoms in total. The molecule has 0 radical (unpaired) electrons. The maximum absolute atomic E-state index is 11.7. The van der Waals surface area contributed by atoms with Gasteiger partial charge in [-0.25, -0.2) is 18.4 Å². The summed E-state index contributed by atoms with van der Waals surface area (Å²) in [5.41, 5.74) is 0. The molecule has 0 spiro atoms. The standard InChI is InChI=1S/C11H15N3O4S2/c1-19-10-5-9(12-7-13-10)14-2-3-20(17,18)6-8(14)4-11(15)16/h5,7-8H,2-4,6H2,1H3,(H,15,16). The van der Waals surface area contributed by atoms with Gasteiger partial charge < -0.3 is 10.0 Å². The first kappa shape index (κ1) is 15.0. The number of carboxylic acid groups (broad SMARTS) is 1. The number of aromatic nitrogens is 2. The van der Waals surface area contributed by atoms with Crippen LogP contribution in [0.4, 0.5) is 5.82 Å². The molecule has 1 fully saturated rings. The summed E-state index contributed by atoms with van der Waals surface area (Å²) in [4.78, 5) is 20.9. The third-order valence-electron chi connectivity index (χ3n) is 3.07. The van der Waals surface area contributed by atoms with E-state index < -0.39 is 21.8 Å². The van der Waals surface area contributed by atoms with Crippen molar-refractivity contribution in [1.29, 1.82) is 0 Å². The number of thioether (sulfide) groups is 1. The number of rotatable bonds is 4. The van der Waals surface area contributed by atoms with Crippen LogP contribution in [0.5, 0.6) is 0 Å². The number of carbonyl (C=O) groups is 1. The van der Waals surface area contributed by atoms with Gasteiger partial charge in [0.1, 0.15) is 17.2 Å². The lowest BCUT2D eigenvalue weighted by molar-refractivity contribution is -0.137.